The van der Waals surface area contributed by atoms with E-state index in [1.54, 1.807) is 23.2 Å². The third-order valence-electron chi connectivity index (χ3n) is 9.68. The number of halogens is 1. The maximum absolute atomic E-state index is 14.1. The molecular formula is C35H39FN8O3. The molecule has 4 heterocycles. The first-order valence-electron chi connectivity index (χ1n) is 16.3. The lowest BCUT2D eigenvalue weighted by Crippen LogP contribution is -2.58. The normalized spacial score (nSPS) is 17.8. The number of anilines is 2. The van der Waals surface area contributed by atoms with Crippen LogP contribution in [0.1, 0.15) is 29.5 Å². The van der Waals surface area contributed by atoms with Gasteiger partial charge in [0.15, 0.2) is 0 Å². The van der Waals surface area contributed by atoms with Crippen LogP contribution in [0.25, 0.3) is 10.9 Å². The highest BCUT2D eigenvalue weighted by Crippen LogP contribution is 2.28. The number of para-hydroxylation sites is 1. The van der Waals surface area contributed by atoms with Gasteiger partial charge < -0.3 is 30.2 Å². The van der Waals surface area contributed by atoms with Gasteiger partial charge in [-0.25, -0.2) is 14.0 Å². The molecule has 12 heteroatoms. The largest absolute Gasteiger partial charge is 0.368 e. The number of hydrogen-bond acceptors (Lipinski definition) is 5. The number of benzene rings is 3. The van der Waals surface area contributed by atoms with Crippen LogP contribution in [0.15, 0.2) is 66.9 Å². The van der Waals surface area contributed by atoms with E-state index in [1.807, 2.05) is 53.1 Å². The minimum absolute atomic E-state index is 0.0203. The molecule has 2 fully saturated rings. The number of carbonyl (C=O) groups is 3. The van der Waals surface area contributed by atoms with Crippen molar-refractivity contribution in [1.29, 1.82) is 0 Å². The van der Waals surface area contributed by atoms with Crippen molar-refractivity contribution in [2.75, 3.05) is 49.5 Å². The molecule has 3 N–H and O–H groups in total. The van der Waals surface area contributed by atoms with E-state index in [-0.39, 0.29) is 29.8 Å². The second-order valence-corrected chi connectivity index (χ2v) is 12.7. The molecule has 11 nitrogen and oxygen atoms in total. The van der Waals surface area contributed by atoms with Gasteiger partial charge in [-0.1, -0.05) is 24.3 Å². The predicted octanol–water partition coefficient (Wildman–Crippen LogP) is 4.49. The number of rotatable bonds is 6. The molecule has 0 aliphatic carbocycles. The van der Waals surface area contributed by atoms with Crippen LogP contribution in [0.2, 0.25) is 0 Å². The molecule has 3 aliphatic rings. The van der Waals surface area contributed by atoms with E-state index in [1.165, 1.54) is 12.1 Å². The number of nitrogens with one attached hydrogen (secondary N) is 3. The number of carbonyl (C=O) groups excluding carboxylic acids is 3. The molecule has 0 spiro atoms. The summed E-state index contributed by atoms with van der Waals surface area (Å²) in [6.45, 7) is 5.73. The molecule has 0 saturated carbocycles. The number of piperazine rings is 1. The van der Waals surface area contributed by atoms with Crippen LogP contribution >= 0.6 is 0 Å². The van der Waals surface area contributed by atoms with E-state index >= 15 is 0 Å². The molecule has 0 bridgehead atoms. The fraction of sp³-hybridized carbons (Fsp3) is 0.371. The molecule has 7 rings (SSSR count). The Hall–Kier alpha value is -5.13. The maximum atomic E-state index is 14.1. The third kappa shape index (κ3) is 6.45. The van der Waals surface area contributed by atoms with E-state index < -0.39 is 6.04 Å². The summed E-state index contributed by atoms with van der Waals surface area (Å²) in [7, 11) is 0. The molecule has 4 aromatic rings. The average molecular weight is 639 g/mol. The number of urea groups is 2. The van der Waals surface area contributed by atoms with E-state index in [0.29, 0.717) is 65.1 Å². The minimum Gasteiger partial charge on any atom is -0.368 e. The first-order chi connectivity index (χ1) is 22.8. The number of fused-ring (bicyclic) bond motifs is 2. The van der Waals surface area contributed by atoms with Crippen LogP contribution in [-0.2, 0) is 17.8 Å². The van der Waals surface area contributed by atoms with Gasteiger partial charge in [-0.05, 0) is 72.9 Å². The van der Waals surface area contributed by atoms with Crippen LogP contribution in [0.4, 0.5) is 25.4 Å². The Morgan fingerprint density at radius 1 is 0.979 bits per heavy atom. The highest BCUT2D eigenvalue weighted by atomic mass is 19.1. The van der Waals surface area contributed by atoms with Gasteiger partial charge in [0.25, 0.3) is 0 Å². The van der Waals surface area contributed by atoms with E-state index in [4.69, 9.17) is 0 Å². The molecule has 1 aromatic heterocycles. The van der Waals surface area contributed by atoms with E-state index in [9.17, 15) is 18.8 Å². The molecule has 47 heavy (non-hydrogen) atoms. The number of aryl methyl sites for hydroxylation is 1. The third-order valence-corrected chi connectivity index (χ3v) is 9.68. The summed E-state index contributed by atoms with van der Waals surface area (Å²) in [5, 5.41) is 14.2. The summed E-state index contributed by atoms with van der Waals surface area (Å²) in [4.78, 5) is 48.2. The lowest BCUT2D eigenvalue weighted by Gasteiger charge is -2.41. The van der Waals surface area contributed by atoms with Crippen molar-refractivity contribution in [3.63, 3.8) is 0 Å². The van der Waals surface area contributed by atoms with Crippen molar-refractivity contribution in [2.24, 2.45) is 0 Å². The number of aromatic nitrogens is 2. The van der Waals surface area contributed by atoms with Crippen LogP contribution in [0.5, 0.6) is 0 Å². The zero-order chi connectivity index (χ0) is 32.5. The predicted molar refractivity (Wildman–Crippen MR) is 178 cm³/mol. The summed E-state index contributed by atoms with van der Waals surface area (Å²) in [5.74, 6) is -0.405. The summed E-state index contributed by atoms with van der Waals surface area (Å²) in [5.41, 5.74) is 5.76. The number of amides is 5. The molecule has 3 aromatic carbocycles. The first-order valence-corrected chi connectivity index (χ1v) is 16.3. The lowest BCUT2D eigenvalue weighted by molar-refractivity contribution is -0.133. The fourth-order valence-electron chi connectivity index (χ4n) is 7.06. The first kappa shape index (κ1) is 30.5. The molecule has 1 atom stereocenters. The monoisotopic (exact) mass is 638 g/mol. The maximum Gasteiger partial charge on any atom is 0.322 e. The van der Waals surface area contributed by atoms with Crippen molar-refractivity contribution in [1.82, 2.24) is 30.2 Å². The smallest absolute Gasteiger partial charge is 0.322 e. The van der Waals surface area contributed by atoms with Gasteiger partial charge in [0.05, 0.1) is 11.7 Å². The van der Waals surface area contributed by atoms with Crippen LogP contribution in [0.3, 0.4) is 0 Å². The van der Waals surface area contributed by atoms with Gasteiger partial charge in [0, 0.05) is 75.0 Å². The Morgan fingerprint density at radius 3 is 2.49 bits per heavy atom. The topological polar surface area (TPSA) is 117 Å². The Labute approximate surface area is 272 Å². The summed E-state index contributed by atoms with van der Waals surface area (Å²) < 4.78 is 13.5. The average Bonchev–Trinajstić information content (AvgIpc) is 3.57. The Kier molecular flexibility index (Phi) is 8.40. The van der Waals surface area contributed by atoms with Crippen molar-refractivity contribution < 1.29 is 18.8 Å². The van der Waals surface area contributed by atoms with Crippen molar-refractivity contribution >= 4 is 40.2 Å². The second kappa shape index (κ2) is 12.9. The highest BCUT2D eigenvalue weighted by Gasteiger charge is 2.35. The molecule has 244 valence electrons. The second-order valence-electron chi connectivity index (χ2n) is 12.7. The van der Waals surface area contributed by atoms with Crippen LogP contribution in [0, 0.1) is 12.7 Å². The van der Waals surface area contributed by atoms with Gasteiger partial charge in [-0.15, -0.1) is 0 Å². The molecule has 5 amide bonds. The summed E-state index contributed by atoms with van der Waals surface area (Å²) >= 11 is 0. The molecule has 3 aliphatic heterocycles. The number of H-pyrrole nitrogens is 1. The molecular weight excluding hydrogens is 599 g/mol. The molecule has 1 unspecified atom stereocenters. The summed E-state index contributed by atoms with van der Waals surface area (Å²) in [6.07, 6.45) is 3.42. The van der Waals surface area contributed by atoms with Gasteiger partial charge in [-0.2, -0.15) is 5.10 Å². The van der Waals surface area contributed by atoms with Crippen molar-refractivity contribution in [2.45, 2.75) is 44.8 Å². The quantitative estimate of drug-likeness (QED) is 0.288. The molecule has 2 saturated heterocycles. The minimum atomic E-state index is -0.759. The van der Waals surface area contributed by atoms with E-state index in [2.05, 4.69) is 25.7 Å². The number of hydrogen-bond donors (Lipinski definition) is 3. The lowest BCUT2D eigenvalue weighted by atomic mass is 10.00. The highest BCUT2D eigenvalue weighted by molar-refractivity contribution is 5.92. The van der Waals surface area contributed by atoms with Gasteiger partial charge in [-0.3, -0.25) is 9.89 Å². The summed E-state index contributed by atoms with van der Waals surface area (Å²) in [6, 6.07) is 17.1. The van der Waals surface area contributed by atoms with Crippen LogP contribution < -0.4 is 15.5 Å². The van der Waals surface area contributed by atoms with Crippen molar-refractivity contribution in [3.8, 4) is 0 Å². The van der Waals surface area contributed by atoms with Gasteiger partial charge >= 0.3 is 12.1 Å². The number of nitrogens with zero attached hydrogens (tertiary/aromatic N) is 5. The number of likely N-dealkylation sites (tertiary alicyclic amines) is 1. The SMILES string of the molecule is Cc1cc(CC(NC(=O)N2CCC(N3Cc4ccccc4NC3=O)CC2)C(=O)N2CCN(c3ccc(F)cc3)CC2)cc2cn[nH]c12. The Morgan fingerprint density at radius 2 is 1.72 bits per heavy atom. The fourth-order valence-corrected chi connectivity index (χ4v) is 7.06. The zero-order valence-electron chi connectivity index (χ0n) is 26.4. The number of aromatic amines is 1. The Bertz CT molecular complexity index is 1780. The zero-order valence-corrected chi connectivity index (χ0v) is 26.4. The van der Waals surface area contributed by atoms with E-state index in [0.717, 1.165) is 39.0 Å². The standard InChI is InChI=1S/C35H39FN8O3/c1-23-18-24(19-26-21-37-40-32(23)26)20-31(33(45)42-16-14-41(15-17-42)28-8-6-27(36)7-9-28)39-34(46)43-12-10-29(11-13-43)44-22-25-4-2-3-5-30(25)38-35(44)47/h2-9,18-19,21,29,31H,10-17,20,22H2,1H3,(H,37,40)(H,38,47)(H,39,46). The molecule has 0 radical (unpaired) electrons. The van der Waals surface area contributed by atoms with Gasteiger partial charge in [0.2, 0.25) is 5.91 Å². The van der Waals surface area contributed by atoms with Gasteiger partial charge in [0.1, 0.15) is 11.9 Å². The van der Waals surface area contributed by atoms with Crippen LogP contribution in [-0.4, -0.2) is 94.2 Å². The Balaban J connectivity index is 1.02. The number of piperidine rings is 1. The van der Waals surface area contributed by atoms with Crippen molar-refractivity contribution in [3.05, 3.63) is 89.4 Å².